The molecule has 0 aliphatic heterocycles. The first-order valence-corrected chi connectivity index (χ1v) is 10.3. The molecule has 0 fully saturated rings. The van der Waals surface area contributed by atoms with Gasteiger partial charge in [0.25, 0.3) is 5.91 Å². The molecule has 0 aliphatic rings. The Labute approximate surface area is 173 Å². The number of carbonyl (C=O) groups is 1. The minimum atomic E-state index is -0.313. The number of anilines is 1. The molecule has 0 bridgehead atoms. The molecule has 29 heavy (non-hydrogen) atoms. The largest absolute Gasteiger partial charge is 0.451 e. The van der Waals surface area contributed by atoms with Crippen molar-refractivity contribution in [2.75, 3.05) is 5.32 Å². The van der Waals surface area contributed by atoms with Crippen LogP contribution < -0.4 is 5.32 Å². The van der Waals surface area contributed by atoms with Gasteiger partial charge in [0, 0.05) is 28.1 Å². The van der Waals surface area contributed by atoms with E-state index in [1.807, 2.05) is 42.5 Å². The lowest BCUT2D eigenvalue weighted by Gasteiger charge is -2.06. The Morgan fingerprint density at radius 2 is 1.76 bits per heavy atom. The van der Waals surface area contributed by atoms with Gasteiger partial charge >= 0.3 is 0 Å². The monoisotopic (exact) mass is 398 g/mol. The van der Waals surface area contributed by atoms with Crippen molar-refractivity contribution in [1.82, 2.24) is 0 Å². The van der Waals surface area contributed by atoms with Crippen molar-refractivity contribution in [3.05, 3.63) is 101 Å². The number of hydrogen-bond donors (Lipinski definition) is 1. The van der Waals surface area contributed by atoms with E-state index in [2.05, 4.69) is 23.5 Å². The van der Waals surface area contributed by atoms with Gasteiger partial charge in [0.05, 0.1) is 11.6 Å². The molecule has 4 rings (SSSR count). The van der Waals surface area contributed by atoms with Crippen molar-refractivity contribution in [1.29, 1.82) is 5.26 Å². The van der Waals surface area contributed by atoms with Crippen LogP contribution in [0.2, 0.25) is 0 Å². The molecular weight excluding hydrogens is 380 g/mol. The second kappa shape index (κ2) is 8.68. The van der Waals surface area contributed by atoms with Gasteiger partial charge in [-0.25, -0.2) is 0 Å². The van der Waals surface area contributed by atoms with Gasteiger partial charge in [0.2, 0.25) is 0 Å². The Kier molecular flexibility index (Phi) is 5.64. The van der Waals surface area contributed by atoms with E-state index in [4.69, 9.17) is 9.68 Å². The molecule has 3 aromatic carbocycles. The van der Waals surface area contributed by atoms with E-state index in [0.29, 0.717) is 28.3 Å². The number of furan rings is 1. The molecule has 4 aromatic rings. The number of nitrogens with zero attached hydrogens (tertiary/aromatic N) is 1. The number of nitriles is 1. The number of para-hydroxylation sites is 1. The predicted octanol–water partition coefficient (Wildman–Crippen LogP) is 5.99. The number of thioether (sulfide) groups is 1. The quantitative estimate of drug-likeness (QED) is 0.433. The third-order valence-electron chi connectivity index (χ3n) is 4.51. The van der Waals surface area contributed by atoms with E-state index in [0.717, 1.165) is 16.7 Å². The first-order chi connectivity index (χ1) is 14.2. The van der Waals surface area contributed by atoms with Crippen LogP contribution in [-0.4, -0.2) is 5.91 Å². The van der Waals surface area contributed by atoms with E-state index in [9.17, 15) is 4.79 Å². The normalized spacial score (nSPS) is 10.6. The number of amides is 1. The minimum Gasteiger partial charge on any atom is -0.451 e. The molecule has 1 amide bonds. The molecule has 4 nitrogen and oxygen atoms in total. The minimum absolute atomic E-state index is 0.313. The number of carbonyl (C=O) groups excluding carboxylic acids is 1. The molecule has 1 aromatic heterocycles. The maximum absolute atomic E-state index is 12.9. The number of rotatable bonds is 6. The van der Waals surface area contributed by atoms with E-state index in [1.165, 1.54) is 5.56 Å². The lowest BCUT2D eigenvalue weighted by molar-refractivity contribution is 0.0998. The highest BCUT2D eigenvalue weighted by Gasteiger charge is 2.20. The maximum Gasteiger partial charge on any atom is 0.291 e. The summed E-state index contributed by atoms with van der Waals surface area (Å²) in [6, 6.07) is 26.8. The van der Waals surface area contributed by atoms with Gasteiger partial charge in [-0.05, 0) is 29.8 Å². The number of nitrogens with one attached hydrogen (secondary N) is 1. The summed E-state index contributed by atoms with van der Waals surface area (Å²) in [4.78, 5) is 12.9. The number of hydrogen-bond acceptors (Lipinski definition) is 4. The van der Waals surface area contributed by atoms with Crippen LogP contribution >= 0.6 is 11.8 Å². The van der Waals surface area contributed by atoms with Crippen molar-refractivity contribution in [2.24, 2.45) is 0 Å². The van der Waals surface area contributed by atoms with Crippen LogP contribution in [0.4, 0.5) is 5.69 Å². The molecule has 5 heteroatoms. The van der Waals surface area contributed by atoms with Gasteiger partial charge in [-0.2, -0.15) is 17.0 Å². The Bertz CT molecular complexity index is 1190. The molecule has 0 aliphatic carbocycles. The highest BCUT2D eigenvalue weighted by Crippen LogP contribution is 2.31. The summed E-state index contributed by atoms with van der Waals surface area (Å²) in [7, 11) is 0. The van der Waals surface area contributed by atoms with Gasteiger partial charge in [-0.3, -0.25) is 4.79 Å². The molecule has 142 valence electrons. The Hall–Kier alpha value is -3.49. The lowest BCUT2D eigenvalue weighted by Crippen LogP contribution is -2.12. The van der Waals surface area contributed by atoms with E-state index in [1.54, 1.807) is 36.0 Å². The molecule has 0 saturated heterocycles. The van der Waals surface area contributed by atoms with E-state index >= 15 is 0 Å². The van der Waals surface area contributed by atoms with Crippen LogP contribution in [0.25, 0.3) is 11.0 Å². The average Bonchev–Trinajstić information content (AvgIpc) is 3.13. The molecular formula is C24H18N2O2S. The van der Waals surface area contributed by atoms with Gasteiger partial charge < -0.3 is 9.73 Å². The van der Waals surface area contributed by atoms with Crippen molar-refractivity contribution in [3.8, 4) is 6.07 Å². The van der Waals surface area contributed by atoms with Crippen LogP contribution in [0, 0.1) is 11.3 Å². The summed E-state index contributed by atoms with van der Waals surface area (Å²) in [6.45, 7) is 0. The zero-order valence-electron chi connectivity index (χ0n) is 15.6. The van der Waals surface area contributed by atoms with Crippen molar-refractivity contribution >= 4 is 34.3 Å². The van der Waals surface area contributed by atoms with Crippen molar-refractivity contribution < 1.29 is 9.21 Å². The first kappa shape index (κ1) is 18.9. The Morgan fingerprint density at radius 3 is 2.59 bits per heavy atom. The summed E-state index contributed by atoms with van der Waals surface area (Å²) in [5, 5.41) is 12.9. The molecule has 0 atom stereocenters. The molecule has 0 unspecified atom stereocenters. The number of benzene rings is 3. The Morgan fingerprint density at radius 1 is 0.966 bits per heavy atom. The molecule has 0 radical (unpaired) electrons. The summed E-state index contributed by atoms with van der Waals surface area (Å²) in [5.41, 5.74) is 3.88. The SMILES string of the molecule is N#Cc1cccc(NC(=O)c2oc3ccccc3c2CSCc2ccccc2)c1. The lowest BCUT2D eigenvalue weighted by atomic mass is 10.1. The smallest absolute Gasteiger partial charge is 0.291 e. The average molecular weight is 398 g/mol. The fourth-order valence-corrected chi connectivity index (χ4v) is 4.15. The fraction of sp³-hybridized carbons (Fsp3) is 0.0833. The van der Waals surface area contributed by atoms with Gasteiger partial charge in [0.1, 0.15) is 5.58 Å². The van der Waals surface area contributed by atoms with Crippen molar-refractivity contribution in [2.45, 2.75) is 11.5 Å². The topological polar surface area (TPSA) is 66.0 Å². The van der Waals surface area contributed by atoms with Crippen molar-refractivity contribution in [3.63, 3.8) is 0 Å². The highest BCUT2D eigenvalue weighted by atomic mass is 32.2. The van der Waals surface area contributed by atoms with Gasteiger partial charge in [-0.15, -0.1) is 0 Å². The van der Waals surface area contributed by atoms with Crippen LogP contribution in [0.1, 0.15) is 27.2 Å². The summed E-state index contributed by atoms with van der Waals surface area (Å²) in [5.74, 6) is 1.51. The predicted molar refractivity (Wildman–Crippen MR) is 117 cm³/mol. The molecule has 0 saturated carbocycles. The number of fused-ring (bicyclic) bond motifs is 1. The maximum atomic E-state index is 12.9. The van der Waals surface area contributed by atoms with Gasteiger partial charge in [-0.1, -0.05) is 54.6 Å². The van der Waals surface area contributed by atoms with Crippen LogP contribution in [0.15, 0.2) is 83.3 Å². The zero-order valence-corrected chi connectivity index (χ0v) is 16.4. The van der Waals surface area contributed by atoms with Gasteiger partial charge in [0.15, 0.2) is 5.76 Å². The fourth-order valence-electron chi connectivity index (χ4n) is 3.13. The van der Waals surface area contributed by atoms with E-state index in [-0.39, 0.29) is 5.91 Å². The van der Waals surface area contributed by atoms with Crippen LogP contribution in [0.3, 0.4) is 0 Å². The van der Waals surface area contributed by atoms with Crippen LogP contribution in [0.5, 0.6) is 0 Å². The molecule has 0 spiro atoms. The first-order valence-electron chi connectivity index (χ1n) is 9.18. The zero-order chi connectivity index (χ0) is 20.1. The third-order valence-corrected chi connectivity index (χ3v) is 5.54. The van der Waals surface area contributed by atoms with E-state index < -0.39 is 0 Å². The second-order valence-corrected chi connectivity index (χ2v) is 7.52. The summed E-state index contributed by atoms with van der Waals surface area (Å²) >= 11 is 1.74. The van der Waals surface area contributed by atoms with Crippen LogP contribution in [-0.2, 0) is 11.5 Å². The third kappa shape index (κ3) is 4.34. The standard InChI is InChI=1S/C24H18N2O2S/c25-14-18-9-6-10-19(13-18)26-24(27)23-21(20-11-4-5-12-22(20)28-23)16-29-15-17-7-2-1-3-8-17/h1-13H,15-16H2,(H,26,27). The summed E-state index contributed by atoms with van der Waals surface area (Å²) in [6.07, 6.45) is 0. The molecule has 1 N–H and O–H groups in total. The highest BCUT2D eigenvalue weighted by molar-refractivity contribution is 7.97. The summed E-state index contributed by atoms with van der Waals surface area (Å²) < 4.78 is 5.90. The Balaban J connectivity index is 1.58. The second-order valence-electron chi connectivity index (χ2n) is 6.53. The molecule has 1 heterocycles.